The molecule has 1 aromatic carbocycles. The van der Waals surface area contributed by atoms with Crippen molar-refractivity contribution in [3.8, 4) is 0 Å². The molecule has 0 atom stereocenters. The molecular formula is C22H31N3O3. The van der Waals surface area contributed by atoms with E-state index in [-0.39, 0.29) is 34.5 Å². The zero-order valence-corrected chi connectivity index (χ0v) is 17.1. The SMILES string of the molecule is CC(C)(C)CC(=O)N1CCC(C2(C(=O)NNC(=O)c3ccccc3)CC2)CC1. The smallest absolute Gasteiger partial charge is 0.269 e. The summed E-state index contributed by atoms with van der Waals surface area (Å²) < 4.78 is 0. The van der Waals surface area contributed by atoms with E-state index >= 15 is 0 Å². The summed E-state index contributed by atoms with van der Waals surface area (Å²) in [7, 11) is 0. The topological polar surface area (TPSA) is 78.5 Å². The minimum atomic E-state index is -0.386. The molecule has 3 amide bonds. The van der Waals surface area contributed by atoms with Crippen molar-refractivity contribution >= 4 is 17.7 Å². The van der Waals surface area contributed by atoms with Gasteiger partial charge in [0.15, 0.2) is 0 Å². The molecule has 6 nitrogen and oxygen atoms in total. The molecule has 1 heterocycles. The number of likely N-dealkylation sites (tertiary alicyclic amines) is 1. The van der Waals surface area contributed by atoms with Crippen molar-refractivity contribution in [1.29, 1.82) is 0 Å². The van der Waals surface area contributed by atoms with Gasteiger partial charge in [-0.25, -0.2) is 0 Å². The van der Waals surface area contributed by atoms with Crippen molar-refractivity contribution in [2.75, 3.05) is 13.1 Å². The summed E-state index contributed by atoms with van der Waals surface area (Å²) in [5, 5.41) is 0. The predicted octanol–water partition coefficient (Wildman–Crippen LogP) is 2.90. The van der Waals surface area contributed by atoms with E-state index in [9.17, 15) is 14.4 Å². The van der Waals surface area contributed by atoms with Crippen LogP contribution in [0.25, 0.3) is 0 Å². The van der Waals surface area contributed by atoms with Crippen molar-refractivity contribution in [3.05, 3.63) is 35.9 Å². The van der Waals surface area contributed by atoms with Crippen LogP contribution < -0.4 is 10.9 Å². The predicted molar refractivity (Wildman–Crippen MR) is 107 cm³/mol. The summed E-state index contributed by atoms with van der Waals surface area (Å²) in [5.41, 5.74) is 5.28. The van der Waals surface area contributed by atoms with E-state index in [2.05, 4.69) is 31.6 Å². The Morgan fingerprint density at radius 2 is 1.64 bits per heavy atom. The zero-order valence-electron chi connectivity index (χ0n) is 17.1. The molecule has 1 saturated heterocycles. The molecule has 1 aliphatic heterocycles. The molecule has 28 heavy (non-hydrogen) atoms. The lowest BCUT2D eigenvalue weighted by atomic mass is 9.80. The lowest BCUT2D eigenvalue weighted by molar-refractivity contribution is -0.135. The number of amides is 3. The Morgan fingerprint density at radius 1 is 1.04 bits per heavy atom. The van der Waals surface area contributed by atoms with E-state index in [1.54, 1.807) is 24.3 Å². The molecule has 0 radical (unpaired) electrons. The van der Waals surface area contributed by atoms with Gasteiger partial charge < -0.3 is 4.90 Å². The van der Waals surface area contributed by atoms with Crippen molar-refractivity contribution < 1.29 is 14.4 Å². The van der Waals surface area contributed by atoms with Gasteiger partial charge in [0, 0.05) is 25.1 Å². The van der Waals surface area contributed by atoms with Gasteiger partial charge in [0.05, 0.1) is 5.41 Å². The highest BCUT2D eigenvalue weighted by Gasteiger charge is 2.55. The summed E-state index contributed by atoms with van der Waals surface area (Å²) in [5.74, 6) is 0.0544. The Morgan fingerprint density at radius 3 is 2.18 bits per heavy atom. The van der Waals surface area contributed by atoms with Crippen LogP contribution >= 0.6 is 0 Å². The molecule has 2 aliphatic rings. The van der Waals surface area contributed by atoms with Gasteiger partial charge in [-0.05, 0) is 49.1 Å². The second-order valence-corrected chi connectivity index (χ2v) is 9.32. The first-order valence-electron chi connectivity index (χ1n) is 10.1. The van der Waals surface area contributed by atoms with E-state index in [4.69, 9.17) is 0 Å². The number of rotatable bonds is 4. The molecule has 1 aliphatic carbocycles. The molecule has 2 fully saturated rings. The van der Waals surface area contributed by atoms with Gasteiger partial charge in [0.25, 0.3) is 5.91 Å². The van der Waals surface area contributed by atoms with Crippen molar-refractivity contribution in [2.45, 2.75) is 52.9 Å². The first-order valence-corrected chi connectivity index (χ1v) is 10.1. The molecule has 0 unspecified atom stereocenters. The fourth-order valence-electron chi connectivity index (χ4n) is 4.10. The van der Waals surface area contributed by atoms with Crippen LogP contribution in [-0.4, -0.2) is 35.7 Å². The van der Waals surface area contributed by atoms with Crippen molar-refractivity contribution in [3.63, 3.8) is 0 Å². The average molecular weight is 386 g/mol. The van der Waals surface area contributed by atoms with Crippen LogP contribution in [-0.2, 0) is 9.59 Å². The highest BCUT2D eigenvalue weighted by molar-refractivity contribution is 5.96. The minimum Gasteiger partial charge on any atom is -0.343 e. The molecule has 0 spiro atoms. The van der Waals surface area contributed by atoms with Crippen LogP contribution in [0.15, 0.2) is 30.3 Å². The monoisotopic (exact) mass is 385 g/mol. The van der Waals surface area contributed by atoms with Crippen LogP contribution in [0.1, 0.15) is 63.2 Å². The summed E-state index contributed by atoms with van der Waals surface area (Å²) in [4.78, 5) is 39.3. The highest BCUT2D eigenvalue weighted by Crippen LogP contribution is 2.55. The van der Waals surface area contributed by atoms with Gasteiger partial charge in [-0.15, -0.1) is 0 Å². The Balaban J connectivity index is 1.50. The zero-order chi connectivity index (χ0) is 20.4. The molecular weight excluding hydrogens is 354 g/mol. The number of hydrazine groups is 1. The standard InChI is InChI=1S/C22H31N3O3/c1-21(2,3)15-18(26)25-13-9-17(10-14-25)22(11-12-22)20(28)24-23-19(27)16-7-5-4-6-8-16/h4-8,17H,9-15H2,1-3H3,(H,23,27)(H,24,28). The highest BCUT2D eigenvalue weighted by atomic mass is 16.2. The summed E-state index contributed by atoms with van der Waals surface area (Å²) in [6, 6.07) is 8.83. The number of nitrogens with zero attached hydrogens (tertiary/aromatic N) is 1. The number of hydrogen-bond acceptors (Lipinski definition) is 3. The number of carbonyl (C=O) groups is 3. The molecule has 3 rings (SSSR count). The number of piperidine rings is 1. The maximum atomic E-state index is 12.8. The lowest BCUT2D eigenvalue weighted by Crippen LogP contribution is -2.49. The second kappa shape index (κ2) is 7.94. The van der Waals surface area contributed by atoms with Gasteiger partial charge in [-0.1, -0.05) is 39.0 Å². The quantitative estimate of drug-likeness (QED) is 0.782. The molecule has 0 aromatic heterocycles. The van der Waals surface area contributed by atoms with Gasteiger partial charge >= 0.3 is 0 Å². The molecule has 152 valence electrons. The van der Waals surface area contributed by atoms with E-state index in [1.165, 1.54) is 0 Å². The molecule has 2 N–H and O–H groups in total. The van der Waals surface area contributed by atoms with E-state index in [1.807, 2.05) is 11.0 Å². The fraction of sp³-hybridized carbons (Fsp3) is 0.591. The van der Waals surface area contributed by atoms with Crippen LogP contribution in [0.2, 0.25) is 0 Å². The van der Waals surface area contributed by atoms with Crippen LogP contribution in [0, 0.1) is 16.7 Å². The lowest BCUT2D eigenvalue weighted by Gasteiger charge is -2.36. The largest absolute Gasteiger partial charge is 0.343 e. The first kappa shape index (κ1) is 20.4. The summed E-state index contributed by atoms with van der Waals surface area (Å²) in [6.45, 7) is 7.65. The number of hydrogen-bond donors (Lipinski definition) is 2. The third-order valence-corrected chi connectivity index (χ3v) is 5.88. The number of benzene rings is 1. The van der Waals surface area contributed by atoms with E-state index in [0.717, 1.165) is 25.7 Å². The maximum Gasteiger partial charge on any atom is 0.269 e. The van der Waals surface area contributed by atoms with Crippen molar-refractivity contribution in [2.24, 2.45) is 16.7 Å². The second-order valence-electron chi connectivity index (χ2n) is 9.32. The molecule has 0 bridgehead atoms. The Kier molecular flexibility index (Phi) is 5.77. The van der Waals surface area contributed by atoms with Crippen molar-refractivity contribution in [1.82, 2.24) is 15.8 Å². The summed E-state index contributed by atoms with van der Waals surface area (Å²) in [6.07, 6.45) is 3.93. The normalized spacial score (nSPS) is 19.0. The van der Waals surface area contributed by atoms with Crippen LogP contribution in [0.3, 0.4) is 0 Å². The molecule has 1 saturated carbocycles. The van der Waals surface area contributed by atoms with Crippen LogP contribution in [0.4, 0.5) is 0 Å². The van der Waals surface area contributed by atoms with Gasteiger partial charge in [0.1, 0.15) is 0 Å². The Hall–Kier alpha value is -2.37. The van der Waals surface area contributed by atoms with Crippen LogP contribution in [0.5, 0.6) is 0 Å². The Bertz CT molecular complexity index is 727. The average Bonchev–Trinajstić information content (AvgIpc) is 3.47. The maximum absolute atomic E-state index is 12.8. The van der Waals surface area contributed by atoms with Gasteiger partial charge in [0.2, 0.25) is 11.8 Å². The van der Waals surface area contributed by atoms with Gasteiger partial charge in [-0.2, -0.15) is 0 Å². The third kappa shape index (κ3) is 4.72. The minimum absolute atomic E-state index is 0.0114. The first-order chi connectivity index (χ1) is 13.2. The molecule has 6 heteroatoms. The fourth-order valence-corrected chi connectivity index (χ4v) is 4.10. The molecule has 1 aromatic rings. The van der Waals surface area contributed by atoms with E-state index < -0.39 is 0 Å². The van der Waals surface area contributed by atoms with E-state index in [0.29, 0.717) is 25.1 Å². The summed E-state index contributed by atoms with van der Waals surface area (Å²) >= 11 is 0. The Labute approximate surface area is 167 Å². The number of nitrogens with one attached hydrogen (secondary N) is 2. The third-order valence-electron chi connectivity index (χ3n) is 5.88. The number of carbonyl (C=O) groups excluding carboxylic acids is 3. The van der Waals surface area contributed by atoms with Gasteiger partial charge in [-0.3, -0.25) is 25.2 Å².